The topological polar surface area (TPSA) is 81.6 Å². The van der Waals surface area contributed by atoms with Crippen LogP contribution in [0.25, 0.3) is 0 Å². The van der Waals surface area contributed by atoms with Gasteiger partial charge in [0.25, 0.3) is 5.91 Å². The van der Waals surface area contributed by atoms with Crippen LogP contribution in [0.1, 0.15) is 12.0 Å². The van der Waals surface area contributed by atoms with Gasteiger partial charge < -0.3 is 24.4 Å². The SMILES string of the molecule is COc1ccc(OC)c(C2=NO[C@H](C(=O)NCCN3CCOCC3)C2)c1. The molecule has 0 aliphatic carbocycles. The number of nitrogens with one attached hydrogen (secondary N) is 1. The first-order chi connectivity index (χ1) is 12.7. The van der Waals surface area contributed by atoms with Crippen molar-refractivity contribution in [3.05, 3.63) is 23.8 Å². The Kier molecular flexibility index (Phi) is 6.30. The zero-order chi connectivity index (χ0) is 18.4. The molecule has 142 valence electrons. The predicted molar refractivity (Wildman–Crippen MR) is 95.8 cm³/mol. The summed E-state index contributed by atoms with van der Waals surface area (Å²) in [4.78, 5) is 19.9. The highest BCUT2D eigenvalue weighted by molar-refractivity contribution is 6.06. The third-order valence-electron chi connectivity index (χ3n) is 4.51. The van der Waals surface area contributed by atoms with Crippen molar-refractivity contribution in [2.45, 2.75) is 12.5 Å². The summed E-state index contributed by atoms with van der Waals surface area (Å²) in [6.45, 7) is 4.69. The van der Waals surface area contributed by atoms with Crippen molar-refractivity contribution in [3.8, 4) is 11.5 Å². The minimum atomic E-state index is -0.620. The van der Waals surface area contributed by atoms with E-state index < -0.39 is 6.10 Å². The van der Waals surface area contributed by atoms with E-state index in [0.29, 0.717) is 30.2 Å². The van der Waals surface area contributed by atoms with Crippen LogP contribution in [-0.4, -0.2) is 76.2 Å². The van der Waals surface area contributed by atoms with Crippen LogP contribution in [0, 0.1) is 0 Å². The standard InChI is InChI=1S/C18H25N3O5/c1-23-13-3-4-16(24-2)14(11-13)15-12-17(26-20-15)18(22)19-5-6-21-7-9-25-10-8-21/h3-4,11,17H,5-10,12H2,1-2H3,(H,19,22)/t17-/m0/s1. The molecule has 8 nitrogen and oxygen atoms in total. The van der Waals surface area contributed by atoms with Gasteiger partial charge in [-0.25, -0.2) is 0 Å². The predicted octanol–water partition coefficient (Wildman–Crippen LogP) is 0.645. The van der Waals surface area contributed by atoms with Crippen molar-refractivity contribution in [1.29, 1.82) is 0 Å². The molecular weight excluding hydrogens is 338 g/mol. The number of benzene rings is 1. The zero-order valence-corrected chi connectivity index (χ0v) is 15.2. The van der Waals surface area contributed by atoms with Crippen molar-refractivity contribution in [1.82, 2.24) is 10.2 Å². The molecule has 8 heteroatoms. The summed E-state index contributed by atoms with van der Waals surface area (Å²) in [5.41, 5.74) is 1.45. The summed E-state index contributed by atoms with van der Waals surface area (Å²) in [5, 5.41) is 7.00. The maximum Gasteiger partial charge on any atom is 0.264 e. The number of hydrogen-bond acceptors (Lipinski definition) is 7. The molecule has 1 atom stereocenters. The van der Waals surface area contributed by atoms with E-state index in [4.69, 9.17) is 19.0 Å². The van der Waals surface area contributed by atoms with E-state index in [1.807, 2.05) is 18.2 Å². The average molecular weight is 363 g/mol. The van der Waals surface area contributed by atoms with Gasteiger partial charge in [0.05, 0.1) is 33.1 Å². The number of rotatable bonds is 7. The molecule has 0 saturated carbocycles. The smallest absolute Gasteiger partial charge is 0.264 e. The molecule has 0 radical (unpaired) electrons. The molecule has 0 unspecified atom stereocenters. The molecule has 1 aromatic rings. The van der Waals surface area contributed by atoms with E-state index in [9.17, 15) is 4.79 Å². The monoisotopic (exact) mass is 363 g/mol. The van der Waals surface area contributed by atoms with E-state index in [1.165, 1.54) is 0 Å². The minimum absolute atomic E-state index is 0.154. The van der Waals surface area contributed by atoms with E-state index in [2.05, 4.69) is 15.4 Å². The number of methoxy groups -OCH3 is 2. The summed E-state index contributed by atoms with van der Waals surface area (Å²) in [6, 6.07) is 5.46. The number of oxime groups is 1. The summed E-state index contributed by atoms with van der Waals surface area (Å²) in [6.07, 6.45) is -0.224. The summed E-state index contributed by atoms with van der Waals surface area (Å²) in [5.74, 6) is 1.21. The maximum absolute atomic E-state index is 12.3. The van der Waals surface area contributed by atoms with Crippen LogP contribution >= 0.6 is 0 Å². The van der Waals surface area contributed by atoms with Crippen molar-refractivity contribution in [3.63, 3.8) is 0 Å². The Morgan fingerprint density at radius 3 is 2.85 bits per heavy atom. The van der Waals surface area contributed by atoms with Gasteiger partial charge in [-0.05, 0) is 18.2 Å². The van der Waals surface area contributed by atoms with Crippen LogP contribution < -0.4 is 14.8 Å². The largest absolute Gasteiger partial charge is 0.497 e. The van der Waals surface area contributed by atoms with Gasteiger partial charge in [0, 0.05) is 38.2 Å². The third kappa shape index (κ3) is 4.44. The molecule has 1 aromatic carbocycles. The zero-order valence-electron chi connectivity index (χ0n) is 15.2. The Bertz CT molecular complexity index is 658. The molecule has 1 amide bonds. The molecule has 0 bridgehead atoms. The fraction of sp³-hybridized carbons (Fsp3) is 0.556. The lowest BCUT2D eigenvalue weighted by Crippen LogP contribution is -2.43. The Hall–Kier alpha value is -2.32. The quantitative estimate of drug-likeness (QED) is 0.766. The number of carbonyl (C=O) groups excluding carboxylic acids is 1. The second-order valence-corrected chi connectivity index (χ2v) is 6.15. The van der Waals surface area contributed by atoms with Crippen LogP contribution in [0.5, 0.6) is 11.5 Å². The summed E-state index contributed by atoms with van der Waals surface area (Å²) < 4.78 is 15.9. The lowest BCUT2D eigenvalue weighted by molar-refractivity contribution is -0.131. The fourth-order valence-corrected chi connectivity index (χ4v) is 2.99. The number of ether oxygens (including phenoxy) is 3. The van der Waals surface area contributed by atoms with Crippen LogP contribution in [0.3, 0.4) is 0 Å². The van der Waals surface area contributed by atoms with Gasteiger partial charge in [0.2, 0.25) is 6.10 Å². The van der Waals surface area contributed by atoms with Gasteiger partial charge in [-0.1, -0.05) is 5.16 Å². The molecule has 2 aliphatic rings. The van der Waals surface area contributed by atoms with E-state index in [-0.39, 0.29) is 5.91 Å². The van der Waals surface area contributed by atoms with Crippen molar-refractivity contribution < 1.29 is 23.8 Å². The van der Waals surface area contributed by atoms with Gasteiger partial charge in [-0.15, -0.1) is 0 Å². The number of hydrogen-bond donors (Lipinski definition) is 1. The van der Waals surface area contributed by atoms with Gasteiger partial charge in [0.1, 0.15) is 11.5 Å². The molecule has 0 aromatic heterocycles. The van der Waals surface area contributed by atoms with Crippen LogP contribution in [0.4, 0.5) is 0 Å². The first-order valence-corrected chi connectivity index (χ1v) is 8.74. The van der Waals surface area contributed by atoms with Gasteiger partial charge >= 0.3 is 0 Å². The second-order valence-electron chi connectivity index (χ2n) is 6.15. The second kappa shape index (κ2) is 8.86. The van der Waals surface area contributed by atoms with E-state index in [1.54, 1.807) is 14.2 Å². The van der Waals surface area contributed by atoms with Crippen molar-refractivity contribution >= 4 is 11.6 Å². The Labute approximate surface area is 153 Å². The normalized spacial score (nSPS) is 20.2. The average Bonchev–Trinajstić information content (AvgIpc) is 3.18. The molecule has 1 N–H and O–H groups in total. The molecule has 0 spiro atoms. The summed E-state index contributed by atoms with van der Waals surface area (Å²) >= 11 is 0. The van der Waals surface area contributed by atoms with Crippen molar-refractivity contribution in [2.75, 3.05) is 53.6 Å². The van der Waals surface area contributed by atoms with Gasteiger partial charge in [0.15, 0.2) is 0 Å². The molecule has 2 heterocycles. The third-order valence-corrected chi connectivity index (χ3v) is 4.51. The molecule has 3 rings (SSSR count). The Morgan fingerprint density at radius 1 is 1.31 bits per heavy atom. The van der Waals surface area contributed by atoms with Gasteiger partial charge in [-0.2, -0.15) is 0 Å². The molecule has 1 fully saturated rings. The number of amides is 1. The van der Waals surface area contributed by atoms with Crippen LogP contribution in [0.2, 0.25) is 0 Å². The van der Waals surface area contributed by atoms with Crippen LogP contribution in [-0.2, 0) is 14.4 Å². The van der Waals surface area contributed by atoms with E-state index >= 15 is 0 Å². The first kappa shape index (κ1) is 18.5. The highest BCUT2D eigenvalue weighted by Gasteiger charge is 2.30. The van der Waals surface area contributed by atoms with Crippen LogP contribution in [0.15, 0.2) is 23.4 Å². The Morgan fingerprint density at radius 2 is 2.12 bits per heavy atom. The number of morpholine rings is 1. The maximum atomic E-state index is 12.3. The molecular formula is C18H25N3O5. The lowest BCUT2D eigenvalue weighted by Gasteiger charge is -2.26. The number of nitrogens with zero attached hydrogens (tertiary/aromatic N) is 2. The Balaban J connectivity index is 1.52. The highest BCUT2D eigenvalue weighted by atomic mass is 16.6. The summed E-state index contributed by atoms with van der Waals surface area (Å²) in [7, 11) is 3.20. The first-order valence-electron chi connectivity index (χ1n) is 8.74. The highest BCUT2D eigenvalue weighted by Crippen LogP contribution is 2.28. The molecule has 26 heavy (non-hydrogen) atoms. The number of carbonyl (C=O) groups is 1. The molecule has 2 aliphatic heterocycles. The molecule has 1 saturated heterocycles. The fourth-order valence-electron chi connectivity index (χ4n) is 2.99. The van der Waals surface area contributed by atoms with Crippen molar-refractivity contribution in [2.24, 2.45) is 5.16 Å². The van der Waals surface area contributed by atoms with Gasteiger partial charge in [-0.3, -0.25) is 9.69 Å². The lowest BCUT2D eigenvalue weighted by atomic mass is 10.0. The minimum Gasteiger partial charge on any atom is -0.497 e. The van der Waals surface area contributed by atoms with E-state index in [0.717, 1.165) is 38.4 Å².